The van der Waals surface area contributed by atoms with Gasteiger partial charge in [-0.2, -0.15) is 0 Å². The molecule has 2 aromatic heterocycles. The Morgan fingerprint density at radius 3 is 2.76 bits per heavy atom. The largest absolute Gasteiger partial charge is 0.505 e. The first kappa shape index (κ1) is 13.3. The van der Waals surface area contributed by atoms with Crippen molar-refractivity contribution >= 4 is 11.0 Å². The molecular formula is C16H14FN3O. The molecule has 0 spiro atoms. The van der Waals surface area contributed by atoms with Crippen LogP contribution in [0.1, 0.15) is 5.69 Å². The standard InChI is InChI=1S/C16H14FN3O/c1-9-14(10-5-6-11(17)13(21)8-10)15-12(18)4-3-7-19-16(15)20(9)2/h3-8,18,21H,1-2H3. The average Bonchev–Trinajstić information content (AvgIpc) is 2.60. The van der Waals surface area contributed by atoms with E-state index in [1.807, 2.05) is 18.5 Å². The summed E-state index contributed by atoms with van der Waals surface area (Å²) in [7, 11) is 1.87. The Bertz CT molecular complexity index is 915. The Morgan fingerprint density at radius 1 is 1.29 bits per heavy atom. The first-order chi connectivity index (χ1) is 10.0. The molecule has 5 heteroatoms. The van der Waals surface area contributed by atoms with E-state index >= 15 is 0 Å². The number of phenolic OH excluding ortho intramolecular Hbond substituents is 1. The zero-order valence-electron chi connectivity index (χ0n) is 11.7. The molecule has 0 amide bonds. The van der Waals surface area contributed by atoms with E-state index in [1.54, 1.807) is 24.4 Å². The van der Waals surface area contributed by atoms with Gasteiger partial charge in [-0.15, -0.1) is 0 Å². The predicted octanol–water partition coefficient (Wildman–Crippen LogP) is 2.87. The average molecular weight is 283 g/mol. The van der Waals surface area contributed by atoms with Crippen LogP contribution < -0.4 is 5.36 Å². The minimum absolute atomic E-state index is 0.338. The first-order valence-electron chi connectivity index (χ1n) is 6.48. The number of aromatic hydroxyl groups is 1. The van der Waals surface area contributed by atoms with Crippen molar-refractivity contribution < 1.29 is 9.50 Å². The van der Waals surface area contributed by atoms with Crippen molar-refractivity contribution in [3.05, 3.63) is 53.4 Å². The summed E-state index contributed by atoms with van der Waals surface area (Å²) < 4.78 is 15.2. The summed E-state index contributed by atoms with van der Waals surface area (Å²) in [6.45, 7) is 1.91. The molecule has 106 valence electrons. The highest BCUT2D eigenvalue weighted by Gasteiger charge is 2.16. The van der Waals surface area contributed by atoms with E-state index < -0.39 is 11.6 Å². The van der Waals surface area contributed by atoms with Crippen LogP contribution in [0.5, 0.6) is 5.75 Å². The number of hydrogen-bond acceptors (Lipinski definition) is 3. The van der Waals surface area contributed by atoms with Gasteiger partial charge in [-0.25, -0.2) is 9.37 Å². The first-order valence-corrected chi connectivity index (χ1v) is 6.48. The minimum Gasteiger partial charge on any atom is -0.505 e. The van der Waals surface area contributed by atoms with Crippen LogP contribution in [0, 0.1) is 18.2 Å². The monoisotopic (exact) mass is 283 g/mol. The van der Waals surface area contributed by atoms with E-state index in [0.717, 1.165) is 11.3 Å². The molecule has 0 saturated heterocycles. The third-order valence-corrected chi connectivity index (χ3v) is 3.71. The van der Waals surface area contributed by atoms with Crippen LogP contribution in [0.2, 0.25) is 0 Å². The van der Waals surface area contributed by atoms with E-state index in [-0.39, 0.29) is 0 Å². The summed E-state index contributed by atoms with van der Waals surface area (Å²) in [5.74, 6) is -1.06. The zero-order chi connectivity index (χ0) is 15.1. The van der Waals surface area contributed by atoms with Gasteiger partial charge < -0.3 is 15.1 Å². The molecule has 0 atom stereocenters. The molecule has 0 aliphatic carbocycles. The van der Waals surface area contributed by atoms with Gasteiger partial charge in [-0.05, 0) is 36.8 Å². The second-order valence-electron chi connectivity index (χ2n) is 4.94. The van der Waals surface area contributed by atoms with Crippen LogP contribution in [0.3, 0.4) is 0 Å². The van der Waals surface area contributed by atoms with Crippen LogP contribution in [-0.4, -0.2) is 14.7 Å². The van der Waals surface area contributed by atoms with Gasteiger partial charge in [-0.3, -0.25) is 0 Å². The van der Waals surface area contributed by atoms with Crippen LogP contribution in [-0.2, 0) is 7.05 Å². The summed E-state index contributed by atoms with van der Waals surface area (Å²) in [6.07, 6.45) is 1.64. The van der Waals surface area contributed by atoms with E-state index in [4.69, 9.17) is 5.41 Å². The predicted molar refractivity (Wildman–Crippen MR) is 78.4 cm³/mol. The third kappa shape index (κ3) is 1.98. The fraction of sp³-hybridized carbons (Fsp3) is 0.125. The molecule has 0 unspecified atom stereocenters. The van der Waals surface area contributed by atoms with Crippen molar-refractivity contribution in [1.29, 1.82) is 5.41 Å². The fourth-order valence-electron chi connectivity index (χ4n) is 2.55. The highest BCUT2D eigenvalue weighted by Crippen LogP contribution is 2.33. The lowest BCUT2D eigenvalue weighted by atomic mass is 10.0. The normalized spacial score (nSPS) is 11.0. The molecule has 0 saturated carbocycles. The summed E-state index contributed by atoms with van der Waals surface area (Å²) in [6, 6.07) is 7.58. The van der Waals surface area contributed by atoms with Gasteiger partial charge >= 0.3 is 0 Å². The number of rotatable bonds is 1. The van der Waals surface area contributed by atoms with E-state index in [0.29, 0.717) is 22.0 Å². The van der Waals surface area contributed by atoms with Crippen LogP contribution in [0.25, 0.3) is 22.2 Å². The van der Waals surface area contributed by atoms with Gasteiger partial charge in [0, 0.05) is 24.5 Å². The number of halogens is 1. The SMILES string of the molecule is Cc1c(-c2ccc(F)c(O)c2)c2c(=N)cccnc2n1C. The van der Waals surface area contributed by atoms with Crippen LogP contribution in [0.4, 0.5) is 4.39 Å². The van der Waals surface area contributed by atoms with Gasteiger partial charge in [-0.1, -0.05) is 6.07 Å². The van der Waals surface area contributed by atoms with Crippen molar-refractivity contribution in [2.75, 3.05) is 0 Å². The molecule has 1 aromatic carbocycles. The van der Waals surface area contributed by atoms with Gasteiger partial charge in [0.1, 0.15) is 5.65 Å². The topological polar surface area (TPSA) is 61.9 Å². The van der Waals surface area contributed by atoms with Crippen molar-refractivity contribution in [1.82, 2.24) is 9.55 Å². The second kappa shape index (κ2) is 4.70. The van der Waals surface area contributed by atoms with Crippen LogP contribution >= 0.6 is 0 Å². The number of benzene rings is 1. The molecular weight excluding hydrogens is 269 g/mol. The lowest BCUT2D eigenvalue weighted by Crippen LogP contribution is -1.96. The number of nitrogens with one attached hydrogen (secondary N) is 1. The molecule has 3 aromatic rings. The molecule has 0 radical (unpaired) electrons. The zero-order valence-corrected chi connectivity index (χ0v) is 11.7. The maximum Gasteiger partial charge on any atom is 0.164 e. The Morgan fingerprint density at radius 2 is 2.05 bits per heavy atom. The Labute approximate surface area is 120 Å². The Kier molecular flexibility index (Phi) is 2.97. The lowest BCUT2D eigenvalue weighted by Gasteiger charge is -2.04. The van der Waals surface area contributed by atoms with Gasteiger partial charge in [0.25, 0.3) is 0 Å². The highest BCUT2D eigenvalue weighted by atomic mass is 19.1. The molecule has 2 heterocycles. The number of aryl methyl sites for hydroxylation is 1. The van der Waals surface area contributed by atoms with Crippen molar-refractivity contribution in [2.45, 2.75) is 6.92 Å². The molecule has 0 aliphatic rings. The maximum atomic E-state index is 13.3. The summed E-state index contributed by atoms with van der Waals surface area (Å²) in [4.78, 5) is 4.36. The second-order valence-corrected chi connectivity index (χ2v) is 4.94. The molecule has 21 heavy (non-hydrogen) atoms. The summed E-state index contributed by atoms with van der Waals surface area (Å²) in [5, 5.41) is 18.8. The fourth-order valence-corrected chi connectivity index (χ4v) is 2.55. The van der Waals surface area contributed by atoms with Gasteiger partial charge in [0.2, 0.25) is 0 Å². The summed E-state index contributed by atoms with van der Waals surface area (Å²) in [5.41, 5.74) is 3.04. The number of hydrogen-bond donors (Lipinski definition) is 2. The number of fused-ring (bicyclic) bond motifs is 1. The number of phenols is 1. The minimum atomic E-state index is -0.661. The molecule has 3 rings (SSSR count). The number of nitrogens with zero attached hydrogens (tertiary/aromatic N) is 2. The van der Waals surface area contributed by atoms with E-state index in [1.165, 1.54) is 12.1 Å². The third-order valence-electron chi connectivity index (χ3n) is 3.71. The van der Waals surface area contributed by atoms with Crippen LogP contribution in [0.15, 0.2) is 36.5 Å². The van der Waals surface area contributed by atoms with Crippen molar-refractivity contribution in [3.8, 4) is 16.9 Å². The molecule has 4 nitrogen and oxygen atoms in total. The maximum absolute atomic E-state index is 13.3. The Balaban J connectivity index is 2.48. The molecule has 0 aliphatic heterocycles. The molecule has 2 N–H and O–H groups in total. The van der Waals surface area contributed by atoms with E-state index in [2.05, 4.69) is 4.98 Å². The van der Waals surface area contributed by atoms with Crippen molar-refractivity contribution in [3.63, 3.8) is 0 Å². The highest BCUT2D eigenvalue weighted by molar-refractivity contribution is 5.95. The van der Waals surface area contributed by atoms with Gasteiger partial charge in [0.05, 0.1) is 10.7 Å². The van der Waals surface area contributed by atoms with Crippen molar-refractivity contribution in [2.24, 2.45) is 7.05 Å². The summed E-state index contributed by atoms with van der Waals surface area (Å²) >= 11 is 0. The molecule has 0 bridgehead atoms. The Hall–Kier alpha value is -2.69. The number of aromatic nitrogens is 2. The lowest BCUT2D eigenvalue weighted by molar-refractivity contribution is 0.433. The smallest absolute Gasteiger partial charge is 0.164 e. The quantitative estimate of drug-likeness (QED) is 0.721. The van der Waals surface area contributed by atoms with E-state index in [9.17, 15) is 9.50 Å². The van der Waals surface area contributed by atoms with Gasteiger partial charge in [0.15, 0.2) is 11.6 Å². The molecule has 0 fully saturated rings.